The minimum Gasteiger partial charge on any atom is -0.352 e. The topological polar surface area (TPSA) is 79.4 Å². The number of ketones is 2. The number of para-hydroxylation sites is 2. The number of anilines is 2. The molecule has 4 aromatic rings. The van der Waals surface area contributed by atoms with Crippen molar-refractivity contribution in [1.29, 1.82) is 0 Å². The summed E-state index contributed by atoms with van der Waals surface area (Å²) < 4.78 is 0. The lowest BCUT2D eigenvalue weighted by molar-refractivity contribution is -0.121. The Labute approximate surface area is 236 Å². The molecule has 3 aliphatic rings. The zero-order chi connectivity index (χ0) is 27.6. The van der Waals surface area contributed by atoms with Gasteiger partial charge in [-0.1, -0.05) is 66.2 Å². The molecule has 0 unspecified atom stereocenters. The summed E-state index contributed by atoms with van der Waals surface area (Å²) in [7, 11) is 0. The van der Waals surface area contributed by atoms with Gasteiger partial charge in [0.15, 0.2) is 11.6 Å². The molecule has 196 valence electrons. The largest absolute Gasteiger partial charge is 0.352 e. The van der Waals surface area contributed by atoms with E-state index >= 15 is 0 Å². The highest BCUT2D eigenvalue weighted by Crippen LogP contribution is 2.58. The number of pyridine rings is 1. The van der Waals surface area contributed by atoms with Crippen molar-refractivity contribution < 1.29 is 14.4 Å². The fourth-order valence-corrected chi connectivity index (χ4v) is 7.13. The summed E-state index contributed by atoms with van der Waals surface area (Å²) in [4.78, 5) is 49.8. The van der Waals surface area contributed by atoms with Crippen LogP contribution in [0.25, 0.3) is 5.57 Å². The molecule has 1 aromatic heterocycles. The fourth-order valence-electron chi connectivity index (χ4n) is 6.90. The molecule has 1 N–H and O–H groups in total. The molecule has 1 saturated heterocycles. The third-order valence-electron chi connectivity index (χ3n) is 8.54. The van der Waals surface area contributed by atoms with Crippen LogP contribution in [0.1, 0.15) is 38.8 Å². The molecule has 4 atom stereocenters. The second-order valence-electron chi connectivity index (χ2n) is 10.5. The molecule has 1 fully saturated rings. The van der Waals surface area contributed by atoms with Crippen LogP contribution in [0, 0.1) is 5.92 Å². The van der Waals surface area contributed by atoms with Crippen LogP contribution in [-0.2, 0) is 10.2 Å². The second-order valence-corrected chi connectivity index (χ2v) is 10.9. The Kier molecular flexibility index (Phi) is 5.51. The van der Waals surface area contributed by atoms with Gasteiger partial charge < -0.3 is 10.2 Å². The van der Waals surface area contributed by atoms with E-state index in [1.807, 2.05) is 66.4 Å². The summed E-state index contributed by atoms with van der Waals surface area (Å²) in [6, 6.07) is 23.8. The Morgan fingerprint density at radius 1 is 0.900 bits per heavy atom. The Bertz CT molecular complexity index is 1750. The Morgan fingerprint density at radius 3 is 2.40 bits per heavy atom. The van der Waals surface area contributed by atoms with Crippen molar-refractivity contribution in [2.75, 3.05) is 10.2 Å². The van der Waals surface area contributed by atoms with Gasteiger partial charge in [0.1, 0.15) is 11.5 Å². The molecule has 0 aliphatic carbocycles. The van der Waals surface area contributed by atoms with E-state index in [-0.39, 0.29) is 17.5 Å². The van der Waals surface area contributed by atoms with Crippen molar-refractivity contribution in [1.82, 2.24) is 4.98 Å². The first-order chi connectivity index (χ1) is 19.4. The third-order valence-corrected chi connectivity index (χ3v) is 8.87. The molecule has 1 spiro atoms. The number of allylic oxidation sites excluding steroid dienone is 1. The lowest BCUT2D eigenvalue weighted by atomic mass is 9.64. The summed E-state index contributed by atoms with van der Waals surface area (Å²) in [5.74, 6) is -1.95. The monoisotopic (exact) mass is 545 g/mol. The average molecular weight is 546 g/mol. The number of Topliss-reactive ketones (excluding diaryl/α,β-unsaturated/α-hetero) is 2. The summed E-state index contributed by atoms with van der Waals surface area (Å²) in [5.41, 5.74) is 3.43. The zero-order valence-corrected chi connectivity index (χ0v) is 22.3. The van der Waals surface area contributed by atoms with E-state index in [1.165, 1.54) is 0 Å². The molecule has 0 saturated carbocycles. The van der Waals surface area contributed by atoms with Gasteiger partial charge >= 0.3 is 0 Å². The van der Waals surface area contributed by atoms with Crippen LogP contribution in [0.3, 0.4) is 0 Å². The molecule has 6 nitrogen and oxygen atoms in total. The smallest absolute Gasteiger partial charge is 0.238 e. The van der Waals surface area contributed by atoms with Gasteiger partial charge in [-0.05, 0) is 54.5 Å². The standard InChI is InChI=1S/C33H24ClN3O3/c1-19-18-27-33(23-10-4-6-12-25(23)36-32(33)40)28(30(38)20-14-16-35-17-15-20)29(31(39)22-9-2-5-11-24(22)34)37(27)26-13-7-3-8-21(19)26/h2-18,27-29H,1H3,(H,36,40)/t27-,28+,29-,33-/m0/s1. The highest BCUT2D eigenvalue weighted by atomic mass is 35.5. The number of hydrogen-bond donors (Lipinski definition) is 1. The van der Waals surface area contributed by atoms with Gasteiger partial charge in [0.05, 0.1) is 17.0 Å². The number of rotatable bonds is 4. The zero-order valence-electron chi connectivity index (χ0n) is 21.5. The maximum Gasteiger partial charge on any atom is 0.238 e. The lowest BCUT2D eigenvalue weighted by Gasteiger charge is -2.39. The molecule has 3 aliphatic heterocycles. The number of nitrogens with zero attached hydrogens (tertiary/aromatic N) is 2. The lowest BCUT2D eigenvalue weighted by Crippen LogP contribution is -2.51. The SMILES string of the molecule is CC1=C[C@@H]2N(c3ccccc31)[C@H](C(=O)c1ccccc1Cl)[C@H](C(=O)c1ccncc1)[C@@]21C(=O)Nc2ccccc21. The van der Waals surface area contributed by atoms with Gasteiger partial charge in [-0.15, -0.1) is 0 Å². The summed E-state index contributed by atoms with van der Waals surface area (Å²) in [6.45, 7) is 2.01. The van der Waals surface area contributed by atoms with Crippen LogP contribution in [0.15, 0.2) is 103 Å². The highest BCUT2D eigenvalue weighted by Gasteiger charge is 2.70. The predicted octanol–water partition coefficient (Wildman–Crippen LogP) is 5.98. The van der Waals surface area contributed by atoms with Gasteiger partial charge in [0.25, 0.3) is 0 Å². The molecule has 0 radical (unpaired) electrons. The predicted molar refractivity (Wildman–Crippen MR) is 155 cm³/mol. The van der Waals surface area contributed by atoms with Gasteiger partial charge in [-0.2, -0.15) is 0 Å². The van der Waals surface area contributed by atoms with Gasteiger partial charge in [0.2, 0.25) is 5.91 Å². The maximum absolute atomic E-state index is 14.7. The van der Waals surface area contributed by atoms with Crippen LogP contribution < -0.4 is 10.2 Å². The van der Waals surface area contributed by atoms with Crippen molar-refractivity contribution in [3.63, 3.8) is 0 Å². The second kappa shape index (κ2) is 9.00. The van der Waals surface area contributed by atoms with Gasteiger partial charge in [0, 0.05) is 40.5 Å². The number of amides is 1. The number of fused-ring (bicyclic) bond motifs is 6. The number of aromatic nitrogens is 1. The van der Waals surface area contributed by atoms with Crippen molar-refractivity contribution >= 4 is 46.0 Å². The Hall–Kier alpha value is -4.55. The van der Waals surface area contributed by atoms with Crippen LogP contribution in [0.2, 0.25) is 5.02 Å². The number of nitrogens with one attached hydrogen (secondary N) is 1. The van der Waals surface area contributed by atoms with Crippen molar-refractivity contribution in [2.24, 2.45) is 5.92 Å². The molecule has 7 rings (SSSR count). The van der Waals surface area contributed by atoms with E-state index in [2.05, 4.69) is 10.3 Å². The molecule has 40 heavy (non-hydrogen) atoms. The summed E-state index contributed by atoms with van der Waals surface area (Å²) in [6.07, 6.45) is 5.14. The average Bonchev–Trinajstić information content (AvgIpc) is 3.45. The minimum atomic E-state index is -1.37. The molecular formula is C33H24ClN3O3. The third kappa shape index (κ3) is 3.23. The van der Waals surface area contributed by atoms with Crippen LogP contribution in [-0.4, -0.2) is 34.5 Å². The molecule has 3 aromatic carbocycles. The van der Waals surface area contributed by atoms with E-state index in [1.54, 1.807) is 48.8 Å². The first-order valence-corrected chi connectivity index (χ1v) is 13.5. The highest BCUT2D eigenvalue weighted by molar-refractivity contribution is 6.34. The van der Waals surface area contributed by atoms with E-state index in [0.717, 1.165) is 16.8 Å². The van der Waals surface area contributed by atoms with E-state index < -0.39 is 23.4 Å². The van der Waals surface area contributed by atoms with Gasteiger partial charge in [-0.3, -0.25) is 19.4 Å². The van der Waals surface area contributed by atoms with Crippen LogP contribution in [0.5, 0.6) is 0 Å². The minimum absolute atomic E-state index is 0.294. The molecule has 1 amide bonds. The number of hydrogen-bond acceptors (Lipinski definition) is 5. The van der Waals surface area contributed by atoms with Crippen LogP contribution in [0.4, 0.5) is 11.4 Å². The fraction of sp³-hybridized carbons (Fsp3) is 0.152. The summed E-state index contributed by atoms with van der Waals surface area (Å²) >= 11 is 6.58. The van der Waals surface area contributed by atoms with Crippen LogP contribution >= 0.6 is 11.6 Å². The first-order valence-electron chi connectivity index (χ1n) is 13.1. The number of benzene rings is 3. The van der Waals surface area contributed by atoms with Crippen molar-refractivity contribution in [3.05, 3.63) is 131 Å². The normalized spacial score (nSPS) is 24.1. The van der Waals surface area contributed by atoms with Crippen molar-refractivity contribution in [2.45, 2.75) is 24.4 Å². The summed E-state index contributed by atoms with van der Waals surface area (Å²) in [5, 5.41) is 3.35. The Balaban J connectivity index is 1.57. The molecule has 0 bridgehead atoms. The number of carbonyl (C=O) groups excluding carboxylic acids is 3. The van der Waals surface area contributed by atoms with Gasteiger partial charge in [-0.25, -0.2) is 0 Å². The van der Waals surface area contributed by atoms with E-state index in [0.29, 0.717) is 27.4 Å². The quantitative estimate of drug-likeness (QED) is 0.319. The Morgan fingerprint density at radius 2 is 1.60 bits per heavy atom. The molecule has 4 heterocycles. The maximum atomic E-state index is 14.7. The molecular weight excluding hydrogens is 522 g/mol. The van der Waals surface area contributed by atoms with Crippen molar-refractivity contribution in [3.8, 4) is 0 Å². The van der Waals surface area contributed by atoms with E-state index in [9.17, 15) is 14.4 Å². The number of halogens is 1. The number of carbonyl (C=O) groups is 3. The molecule has 7 heteroatoms. The van der Waals surface area contributed by atoms with E-state index in [4.69, 9.17) is 11.6 Å². The first kappa shape index (κ1) is 24.5.